The lowest BCUT2D eigenvalue weighted by atomic mass is 10.3. The highest BCUT2D eigenvalue weighted by Gasteiger charge is 2.28. The molecular formula is C13H24N2O2S. The number of rotatable bonds is 5. The van der Waals surface area contributed by atoms with Gasteiger partial charge in [-0.2, -0.15) is 5.10 Å². The van der Waals surface area contributed by atoms with Gasteiger partial charge < -0.3 is 0 Å². The van der Waals surface area contributed by atoms with E-state index in [0.29, 0.717) is 6.54 Å². The molecule has 0 saturated carbocycles. The van der Waals surface area contributed by atoms with Crippen molar-refractivity contribution in [1.29, 1.82) is 0 Å². The Bertz CT molecular complexity index is 496. The fourth-order valence-corrected chi connectivity index (χ4v) is 2.70. The number of aryl methyl sites for hydroxylation is 3. The Kier molecular flexibility index (Phi) is 4.59. The summed E-state index contributed by atoms with van der Waals surface area (Å²) in [6.07, 6.45) is 1.76. The molecule has 0 aromatic carbocycles. The zero-order chi connectivity index (χ0) is 14.0. The Morgan fingerprint density at radius 3 is 2.28 bits per heavy atom. The molecule has 1 aromatic rings. The topological polar surface area (TPSA) is 52.0 Å². The van der Waals surface area contributed by atoms with Crippen molar-refractivity contribution in [2.75, 3.05) is 5.75 Å². The predicted octanol–water partition coefficient (Wildman–Crippen LogP) is 2.22. The SMILES string of the molecule is CCc1cc(CC)n(CCS(=O)(=O)C(C)(C)C)n1. The van der Waals surface area contributed by atoms with Crippen molar-refractivity contribution < 1.29 is 8.42 Å². The van der Waals surface area contributed by atoms with Gasteiger partial charge >= 0.3 is 0 Å². The van der Waals surface area contributed by atoms with E-state index in [4.69, 9.17) is 0 Å². The first-order chi connectivity index (χ1) is 8.21. The highest BCUT2D eigenvalue weighted by atomic mass is 32.2. The van der Waals surface area contributed by atoms with Crippen molar-refractivity contribution >= 4 is 9.84 Å². The number of nitrogens with zero attached hydrogens (tertiary/aromatic N) is 2. The van der Waals surface area contributed by atoms with Crippen molar-refractivity contribution in [2.45, 2.75) is 58.8 Å². The van der Waals surface area contributed by atoms with Crippen LogP contribution in [0, 0.1) is 0 Å². The van der Waals surface area contributed by atoms with E-state index >= 15 is 0 Å². The molecule has 0 bridgehead atoms. The van der Waals surface area contributed by atoms with Gasteiger partial charge in [0.05, 0.1) is 22.7 Å². The fourth-order valence-electron chi connectivity index (χ4n) is 1.68. The lowest BCUT2D eigenvalue weighted by Gasteiger charge is -2.19. The molecule has 18 heavy (non-hydrogen) atoms. The number of hydrogen-bond donors (Lipinski definition) is 0. The monoisotopic (exact) mass is 272 g/mol. The number of hydrogen-bond acceptors (Lipinski definition) is 3. The van der Waals surface area contributed by atoms with E-state index in [9.17, 15) is 8.42 Å². The average molecular weight is 272 g/mol. The summed E-state index contributed by atoms with van der Waals surface area (Å²) in [5, 5.41) is 4.44. The molecule has 0 aliphatic rings. The van der Waals surface area contributed by atoms with Crippen molar-refractivity contribution in [3.05, 3.63) is 17.5 Å². The van der Waals surface area contributed by atoms with Gasteiger partial charge in [0.15, 0.2) is 9.84 Å². The molecule has 1 rings (SSSR count). The lowest BCUT2D eigenvalue weighted by Crippen LogP contribution is -2.32. The van der Waals surface area contributed by atoms with Crippen molar-refractivity contribution in [2.24, 2.45) is 0 Å². The second kappa shape index (κ2) is 5.43. The maximum absolute atomic E-state index is 12.1. The molecule has 0 aliphatic heterocycles. The summed E-state index contributed by atoms with van der Waals surface area (Å²) < 4.78 is 25.3. The summed E-state index contributed by atoms with van der Waals surface area (Å²) >= 11 is 0. The van der Waals surface area contributed by atoms with E-state index in [-0.39, 0.29) is 5.75 Å². The van der Waals surface area contributed by atoms with Crippen LogP contribution in [0.2, 0.25) is 0 Å². The fraction of sp³-hybridized carbons (Fsp3) is 0.769. The van der Waals surface area contributed by atoms with E-state index in [1.165, 1.54) is 0 Å². The third-order valence-corrected chi connectivity index (χ3v) is 5.73. The van der Waals surface area contributed by atoms with Crippen LogP contribution in [-0.2, 0) is 29.2 Å². The van der Waals surface area contributed by atoms with E-state index in [1.54, 1.807) is 20.8 Å². The van der Waals surface area contributed by atoms with Crippen LogP contribution in [0.15, 0.2) is 6.07 Å². The van der Waals surface area contributed by atoms with Gasteiger partial charge in [-0.3, -0.25) is 4.68 Å². The predicted molar refractivity (Wildman–Crippen MR) is 74.5 cm³/mol. The molecule has 0 radical (unpaired) electrons. The quantitative estimate of drug-likeness (QED) is 0.826. The Labute approximate surface area is 110 Å². The molecule has 0 amide bonds. The van der Waals surface area contributed by atoms with E-state index in [0.717, 1.165) is 24.2 Å². The first-order valence-electron chi connectivity index (χ1n) is 6.49. The summed E-state index contributed by atoms with van der Waals surface area (Å²) in [5.74, 6) is 0.147. The van der Waals surface area contributed by atoms with Gasteiger partial charge in [0, 0.05) is 5.69 Å². The van der Waals surface area contributed by atoms with Crippen LogP contribution >= 0.6 is 0 Å². The van der Waals surface area contributed by atoms with Gasteiger partial charge in [-0.1, -0.05) is 13.8 Å². The summed E-state index contributed by atoms with van der Waals surface area (Å²) in [6, 6.07) is 2.06. The second-order valence-corrected chi connectivity index (χ2v) is 8.35. The average Bonchev–Trinajstić information content (AvgIpc) is 2.67. The highest BCUT2D eigenvalue weighted by molar-refractivity contribution is 7.92. The largest absolute Gasteiger partial charge is 0.268 e. The zero-order valence-corrected chi connectivity index (χ0v) is 12.8. The number of aromatic nitrogens is 2. The molecule has 0 N–H and O–H groups in total. The van der Waals surface area contributed by atoms with Crippen LogP contribution < -0.4 is 0 Å². The maximum atomic E-state index is 12.1. The second-order valence-electron chi connectivity index (χ2n) is 5.49. The normalized spacial score (nSPS) is 12.9. The minimum Gasteiger partial charge on any atom is -0.268 e. The third-order valence-electron chi connectivity index (χ3n) is 3.14. The Morgan fingerprint density at radius 2 is 1.83 bits per heavy atom. The van der Waals surface area contributed by atoms with Crippen molar-refractivity contribution in [3.8, 4) is 0 Å². The molecule has 104 valence electrons. The van der Waals surface area contributed by atoms with Gasteiger partial charge in [0.1, 0.15) is 0 Å². The third kappa shape index (κ3) is 3.34. The van der Waals surface area contributed by atoms with Crippen LogP contribution in [0.3, 0.4) is 0 Å². The van der Waals surface area contributed by atoms with E-state index in [1.807, 2.05) is 4.68 Å². The molecule has 0 spiro atoms. The van der Waals surface area contributed by atoms with Gasteiger partial charge in [-0.25, -0.2) is 8.42 Å². The van der Waals surface area contributed by atoms with Crippen molar-refractivity contribution in [1.82, 2.24) is 9.78 Å². The first kappa shape index (κ1) is 15.2. The van der Waals surface area contributed by atoms with Crippen LogP contribution in [0.4, 0.5) is 0 Å². The standard InChI is InChI=1S/C13H24N2O2S/c1-6-11-10-12(7-2)15(14-11)8-9-18(16,17)13(3,4)5/h10H,6-9H2,1-5H3. The summed E-state index contributed by atoms with van der Waals surface area (Å²) in [5.41, 5.74) is 2.14. The molecule has 5 heteroatoms. The minimum absolute atomic E-state index is 0.147. The molecule has 1 heterocycles. The van der Waals surface area contributed by atoms with Gasteiger partial charge in [0.25, 0.3) is 0 Å². The summed E-state index contributed by atoms with van der Waals surface area (Å²) in [4.78, 5) is 0. The van der Waals surface area contributed by atoms with Gasteiger partial charge in [-0.05, 0) is 39.7 Å². The molecule has 1 aromatic heterocycles. The Morgan fingerprint density at radius 1 is 1.22 bits per heavy atom. The maximum Gasteiger partial charge on any atom is 0.157 e. The molecule has 0 unspecified atom stereocenters. The first-order valence-corrected chi connectivity index (χ1v) is 8.14. The molecule has 0 fully saturated rings. The van der Waals surface area contributed by atoms with E-state index < -0.39 is 14.6 Å². The molecule has 0 saturated heterocycles. The Hall–Kier alpha value is -0.840. The molecular weight excluding hydrogens is 248 g/mol. The zero-order valence-electron chi connectivity index (χ0n) is 12.0. The lowest BCUT2D eigenvalue weighted by molar-refractivity contribution is 0.543. The van der Waals surface area contributed by atoms with Crippen molar-refractivity contribution in [3.63, 3.8) is 0 Å². The minimum atomic E-state index is -3.08. The Balaban J connectivity index is 2.84. The van der Waals surface area contributed by atoms with Crippen LogP contribution in [0.1, 0.15) is 46.0 Å². The van der Waals surface area contributed by atoms with E-state index in [2.05, 4.69) is 25.0 Å². The highest BCUT2D eigenvalue weighted by Crippen LogP contribution is 2.17. The van der Waals surface area contributed by atoms with Crippen LogP contribution in [0.5, 0.6) is 0 Å². The van der Waals surface area contributed by atoms with Crippen LogP contribution in [-0.4, -0.2) is 28.7 Å². The number of sulfone groups is 1. The molecule has 4 nitrogen and oxygen atoms in total. The van der Waals surface area contributed by atoms with Gasteiger partial charge in [-0.15, -0.1) is 0 Å². The summed E-state index contributed by atoms with van der Waals surface area (Å²) in [6.45, 7) is 9.78. The molecule has 0 aliphatic carbocycles. The summed E-state index contributed by atoms with van der Waals surface area (Å²) in [7, 11) is -3.08. The smallest absolute Gasteiger partial charge is 0.157 e. The molecule has 0 atom stereocenters. The van der Waals surface area contributed by atoms with Gasteiger partial charge in [0.2, 0.25) is 0 Å². The van der Waals surface area contributed by atoms with Crippen LogP contribution in [0.25, 0.3) is 0 Å².